The van der Waals surface area contributed by atoms with Gasteiger partial charge in [0, 0.05) is 25.7 Å². The van der Waals surface area contributed by atoms with Crippen molar-refractivity contribution in [1.82, 2.24) is 20.7 Å². The van der Waals surface area contributed by atoms with Crippen LogP contribution in [0.4, 0.5) is 0 Å². The van der Waals surface area contributed by atoms with Crippen LogP contribution in [0.25, 0.3) is 0 Å². The molecule has 2 rings (SSSR count). The minimum atomic E-state index is 0. The molecule has 21 heavy (non-hydrogen) atoms. The van der Waals surface area contributed by atoms with Crippen molar-refractivity contribution in [3.8, 4) is 0 Å². The number of likely N-dealkylation sites (tertiary alicyclic amines) is 1. The third kappa shape index (κ3) is 7.12. The van der Waals surface area contributed by atoms with Gasteiger partial charge in [0.25, 0.3) is 0 Å². The summed E-state index contributed by atoms with van der Waals surface area (Å²) in [6, 6.07) is 1.83. The van der Waals surface area contributed by atoms with Crippen LogP contribution in [0.1, 0.15) is 31.9 Å². The van der Waals surface area contributed by atoms with Crippen LogP contribution in [0.15, 0.2) is 21.8 Å². The van der Waals surface area contributed by atoms with E-state index in [9.17, 15) is 0 Å². The molecule has 0 unspecified atom stereocenters. The van der Waals surface area contributed by atoms with Crippen molar-refractivity contribution >= 4 is 29.9 Å². The highest BCUT2D eigenvalue weighted by Crippen LogP contribution is 2.07. The lowest BCUT2D eigenvalue weighted by Crippen LogP contribution is -2.42. The molecule has 0 saturated carbocycles. The molecule has 0 amide bonds. The molecule has 1 aromatic heterocycles. The summed E-state index contributed by atoms with van der Waals surface area (Å²) in [5, 5.41) is 10.5. The van der Waals surface area contributed by atoms with Crippen molar-refractivity contribution in [2.45, 2.75) is 32.7 Å². The first kappa shape index (κ1) is 18.2. The normalized spacial score (nSPS) is 16.3. The van der Waals surface area contributed by atoms with Crippen LogP contribution in [0.3, 0.4) is 0 Å². The van der Waals surface area contributed by atoms with Crippen molar-refractivity contribution < 1.29 is 4.52 Å². The molecular formula is C14H26IN5O. The number of halogens is 1. The Labute approximate surface area is 143 Å². The average molecular weight is 407 g/mol. The van der Waals surface area contributed by atoms with E-state index in [0.717, 1.165) is 31.3 Å². The van der Waals surface area contributed by atoms with E-state index in [4.69, 9.17) is 4.52 Å². The highest BCUT2D eigenvalue weighted by molar-refractivity contribution is 14.0. The average Bonchev–Trinajstić information content (AvgIpc) is 2.99. The molecule has 7 heteroatoms. The molecule has 1 aliphatic heterocycles. The molecule has 2 N–H and O–H groups in total. The van der Waals surface area contributed by atoms with E-state index in [1.807, 2.05) is 6.07 Å². The molecule has 6 nitrogen and oxygen atoms in total. The maximum Gasteiger partial charge on any atom is 0.191 e. The van der Waals surface area contributed by atoms with Gasteiger partial charge in [-0.2, -0.15) is 0 Å². The first-order valence-corrected chi connectivity index (χ1v) is 7.52. The third-order valence-electron chi connectivity index (χ3n) is 3.40. The van der Waals surface area contributed by atoms with E-state index in [0.29, 0.717) is 6.54 Å². The molecular weight excluding hydrogens is 381 g/mol. The van der Waals surface area contributed by atoms with Crippen molar-refractivity contribution in [2.24, 2.45) is 4.99 Å². The van der Waals surface area contributed by atoms with Gasteiger partial charge in [0.05, 0.1) is 6.54 Å². The Hall–Kier alpha value is -0.830. The molecule has 0 aliphatic carbocycles. The van der Waals surface area contributed by atoms with Crippen LogP contribution in [-0.2, 0) is 6.54 Å². The largest absolute Gasteiger partial charge is 0.364 e. The van der Waals surface area contributed by atoms with Gasteiger partial charge >= 0.3 is 0 Å². The van der Waals surface area contributed by atoms with Gasteiger partial charge < -0.3 is 20.1 Å². The van der Waals surface area contributed by atoms with E-state index in [1.54, 1.807) is 6.26 Å². The number of nitrogens with zero attached hydrogens (tertiary/aromatic N) is 3. The summed E-state index contributed by atoms with van der Waals surface area (Å²) < 4.78 is 4.80. The summed E-state index contributed by atoms with van der Waals surface area (Å²) in [4.78, 5) is 7.00. The second-order valence-corrected chi connectivity index (χ2v) is 5.02. The van der Waals surface area contributed by atoms with E-state index >= 15 is 0 Å². The van der Waals surface area contributed by atoms with Crippen molar-refractivity contribution in [3.05, 3.63) is 18.0 Å². The number of guanidine groups is 1. The molecule has 0 aromatic carbocycles. The fraction of sp³-hybridized carbons (Fsp3) is 0.714. The summed E-state index contributed by atoms with van der Waals surface area (Å²) in [5.74, 6) is 0.840. The summed E-state index contributed by atoms with van der Waals surface area (Å²) in [6.45, 7) is 7.92. The summed E-state index contributed by atoms with van der Waals surface area (Å²) in [7, 11) is 0. The Morgan fingerprint density at radius 3 is 2.81 bits per heavy atom. The quantitative estimate of drug-likeness (QED) is 0.428. The molecule has 1 aliphatic rings. The molecule has 120 valence electrons. The van der Waals surface area contributed by atoms with E-state index in [-0.39, 0.29) is 24.0 Å². The number of nitrogens with one attached hydrogen (secondary N) is 2. The number of hydrogen-bond acceptors (Lipinski definition) is 4. The van der Waals surface area contributed by atoms with Crippen LogP contribution in [0.2, 0.25) is 0 Å². The molecule has 0 atom stereocenters. The second-order valence-electron chi connectivity index (χ2n) is 5.02. The van der Waals surface area contributed by atoms with Gasteiger partial charge in [-0.1, -0.05) is 11.6 Å². The zero-order chi connectivity index (χ0) is 14.0. The van der Waals surface area contributed by atoms with Crippen molar-refractivity contribution in [3.63, 3.8) is 0 Å². The van der Waals surface area contributed by atoms with Gasteiger partial charge in [-0.3, -0.25) is 0 Å². The predicted octanol–water partition coefficient (Wildman–Crippen LogP) is 1.83. The molecule has 0 radical (unpaired) electrons. The summed E-state index contributed by atoms with van der Waals surface area (Å²) in [5.41, 5.74) is 0.846. The standard InChI is InChI=1S/C14H25N5O.HI/c1-2-15-14(17-12-13-6-11-20-18-13)16-7-10-19-8-4-3-5-9-19;/h6,11H,2-5,7-10,12H2,1H3,(H2,15,16,17);1H. The summed E-state index contributed by atoms with van der Waals surface area (Å²) >= 11 is 0. The highest BCUT2D eigenvalue weighted by Gasteiger charge is 2.09. The Bertz CT molecular complexity index is 390. The molecule has 0 spiro atoms. The molecule has 1 saturated heterocycles. The minimum Gasteiger partial charge on any atom is -0.364 e. The van der Waals surface area contributed by atoms with Crippen LogP contribution < -0.4 is 10.6 Å². The Morgan fingerprint density at radius 1 is 1.33 bits per heavy atom. The zero-order valence-electron chi connectivity index (χ0n) is 12.7. The predicted molar refractivity (Wildman–Crippen MR) is 95.0 cm³/mol. The second kappa shape index (κ2) is 10.8. The number of aliphatic imine (C=N–C) groups is 1. The van der Waals surface area contributed by atoms with Gasteiger partial charge in [-0.15, -0.1) is 24.0 Å². The summed E-state index contributed by atoms with van der Waals surface area (Å²) in [6.07, 6.45) is 5.62. The number of hydrogen-bond donors (Lipinski definition) is 2. The Morgan fingerprint density at radius 2 is 2.14 bits per heavy atom. The maximum atomic E-state index is 4.80. The molecule has 1 aromatic rings. The number of rotatable bonds is 6. The SMILES string of the molecule is CCNC(=NCc1ccon1)NCCN1CCCCC1.I. The van der Waals surface area contributed by atoms with Crippen LogP contribution in [0, 0.1) is 0 Å². The number of piperidine rings is 1. The first-order valence-electron chi connectivity index (χ1n) is 7.52. The molecule has 0 bridgehead atoms. The molecule has 2 heterocycles. The topological polar surface area (TPSA) is 65.7 Å². The lowest BCUT2D eigenvalue weighted by molar-refractivity contribution is 0.232. The monoisotopic (exact) mass is 407 g/mol. The van der Waals surface area contributed by atoms with Gasteiger partial charge in [0.2, 0.25) is 0 Å². The first-order chi connectivity index (χ1) is 9.88. The minimum absolute atomic E-state index is 0. The van der Waals surface area contributed by atoms with Crippen molar-refractivity contribution in [2.75, 3.05) is 32.7 Å². The lowest BCUT2D eigenvalue weighted by Gasteiger charge is -2.26. The van der Waals surface area contributed by atoms with Gasteiger partial charge in [-0.25, -0.2) is 4.99 Å². The van der Waals surface area contributed by atoms with Crippen LogP contribution in [0.5, 0.6) is 0 Å². The van der Waals surface area contributed by atoms with Crippen LogP contribution in [-0.4, -0.2) is 48.7 Å². The third-order valence-corrected chi connectivity index (χ3v) is 3.40. The Kier molecular flexibility index (Phi) is 9.40. The number of aromatic nitrogens is 1. The highest BCUT2D eigenvalue weighted by atomic mass is 127. The fourth-order valence-electron chi connectivity index (χ4n) is 2.34. The Balaban J connectivity index is 0.00000220. The van der Waals surface area contributed by atoms with E-state index < -0.39 is 0 Å². The van der Waals surface area contributed by atoms with Crippen molar-refractivity contribution in [1.29, 1.82) is 0 Å². The lowest BCUT2D eigenvalue weighted by atomic mass is 10.1. The van der Waals surface area contributed by atoms with Gasteiger partial charge in [0.1, 0.15) is 12.0 Å². The molecule has 1 fully saturated rings. The van der Waals surface area contributed by atoms with Gasteiger partial charge in [0.15, 0.2) is 5.96 Å². The van der Waals surface area contributed by atoms with E-state index in [2.05, 4.69) is 32.6 Å². The van der Waals surface area contributed by atoms with Gasteiger partial charge in [-0.05, 0) is 32.9 Å². The maximum absolute atomic E-state index is 4.80. The van der Waals surface area contributed by atoms with Crippen LogP contribution >= 0.6 is 24.0 Å². The fourth-order valence-corrected chi connectivity index (χ4v) is 2.34. The smallest absolute Gasteiger partial charge is 0.191 e. The van der Waals surface area contributed by atoms with E-state index in [1.165, 1.54) is 32.4 Å². The zero-order valence-corrected chi connectivity index (χ0v) is 15.0.